The predicted molar refractivity (Wildman–Crippen MR) is 91.2 cm³/mol. The van der Waals surface area contributed by atoms with Gasteiger partial charge in [0.15, 0.2) is 5.78 Å². The van der Waals surface area contributed by atoms with Crippen molar-refractivity contribution in [3.63, 3.8) is 0 Å². The van der Waals surface area contributed by atoms with Crippen molar-refractivity contribution in [1.82, 2.24) is 0 Å². The minimum Gasteiger partial charge on any atom is -0.421 e. The maximum atomic E-state index is 12.1. The molecule has 0 aliphatic rings. The SMILES string of the molecule is [3H]P=S(I)Oc1ccc(C(=O)Cc2ccccc2)cc1. The maximum Gasteiger partial charge on any atom is 0.167 e. The number of rotatable bonds is 5. The first-order valence-electron chi connectivity index (χ1n) is 6.05. The lowest BCUT2D eigenvalue weighted by Crippen LogP contribution is -2.03. The summed E-state index contributed by atoms with van der Waals surface area (Å²) in [4.78, 5) is 12.1. The van der Waals surface area contributed by atoms with E-state index in [1.165, 1.54) is 0 Å². The Kier molecular flexibility index (Phi) is 5.01. The predicted octanol–water partition coefficient (Wildman–Crippen LogP) is 4.43. The van der Waals surface area contributed by atoms with Crippen molar-refractivity contribution in [3.05, 3.63) is 65.7 Å². The zero-order valence-electron chi connectivity index (χ0n) is 11.0. The Morgan fingerprint density at radius 3 is 2.53 bits per heavy atom. The average molecular weight is 404 g/mol. The average Bonchev–Trinajstić information content (AvgIpc) is 2.49. The number of benzene rings is 2. The van der Waals surface area contributed by atoms with E-state index in [9.17, 15) is 4.79 Å². The van der Waals surface area contributed by atoms with Crippen LogP contribution in [0.2, 0.25) is 0 Å². The molecule has 0 aromatic heterocycles. The van der Waals surface area contributed by atoms with Crippen LogP contribution in [0.15, 0.2) is 54.6 Å². The fraction of sp³-hybridized carbons (Fsp3) is 0.0714. The second-order valence-corrected chi connectivity index (χ2v) is 9.96. The minimum atomic E-state index is -0.453. The first-order chi connectivity index (χ1) is 9.69. The van der Waals surface area contributed by atoms with E-state index < -0.39 is 7.53 Å². The van der Waals surface area contributed by atoms with Gasteiger partial charge in [0.05, 0.1) is 7.53 Å². The van der Waals surface area contributed by atoms with Crippen LogP contribution in [-0.4, -0.2) is 7.06 Å². The van der Waals surface area contributed by atoms with Crippen molar-refractivity contribution in [2.45, 2.75) is 6.42 Å². The van der Waals surface area contributed by atoms with Gasteiger partial charge in [-0.05, 0) is 37.8 Å². The largest absolute Gasteiger partial charge is 0.421 e. The van der Waals surface area contributed by atoms with Crippen molar-refractivity contribution in [1.29, 1.82) is 1.28 Å². The molecule has 2 aromatic carbocycles. The lowest BCUT2D eigenvalue weighted by molar-refractivity contribution is 0.0993. The van der Waals surface area contributed by atoms with Crippen LogP contribution in [0.5, 0.6) is 5.75 Å². The summed E-state index contributed by atoms with van der Waals surface area (Å²) < 4.78 is 12.7. The summed E-state index contributed by atoms with van der Waals surface area (Å²) in [6.45, 7) is 0. The number of hydrogen-bond donors (Lipinski definition) is 0. The third kappa shape index (κ3) is 4.71. The monoisotopic (exact) mass is 404 g/mol. The Bertz CT molecular complexity index is 617. The van der Waals surface area contributed by atoms with Crippen LogP contribution in [0.3, 0.4) is 0 Å². The zero-order valence-corrected chi connectivity index (χ0v) is 13.8. The smallest absolute Gasteiger partial charge is 0.167 e. The van der Waals surface area contributed by atoms with Crippen LogP contribution in [0.1, 0.15) is 15.9 Å². The van der Waals surface area contributed by atoms with Gasteiger partial charge >= 0.3 is 0 Å². The van der Waals surface area contributed by atoms with Crippen LogP contribution in [-0.2, 0) is 13.9 Å². The first kappa shape index (κ1) is 13.3. The van der Waals surface area contributed by atoms with Crippen LogP contribution in [0, 0.1) is 0 Å². The topological polar surface area (TPSA) is 26.3 Å². The first-order valence-corrected chi connectivity index (χ1v) is 10.3. The summed E-state index contributed by atoms with van der Waals surface area (Å²) in [6.07, 6.45) is 0.406. The van der Waals surface area contributed by atoms with E-state index in [0.29, 0.717) is 25.7 Å². The number of carbonyl (C=O) groups excluding carboxylic acids is 1. The van der Waals surface area contributed by atoms with E-state index in [-0.39, 0.29) is 5.78 Å². The molecule has 2 nitrogen and oxygen atoms in total. The number of ketones is 1. The van der Waals surface area contributed by atoms with E-state index in [4.69, 9.17) is 5.46 Å². The van der Waals surface area contributed by atoms with Crippen LogP contribution in [0.4, 0.5) is 0 Å². The molecule has 0 amide bonds. The van der Waals surface area contributed by atoms with Gasteiger partial charge in [0.2, 0.25) is 0 Å². The molecule has 0 aliphatic heterocycles. The molecule has 1 unspecified atom stereocenters. The fourth-order valence-electron chi connectivity index (χ4n) is 1.66. The standard InChI is InChI=1S/C14H12IO2PS/c15-19(18)17-13-8-6-12(7-9-13)14(16)10-11-4-2-1-3-5-11/h1-9,18H,10H2/i18T. The highest BCUT2D eigenvalue weighted by atomic mass is 127. The molecule has 0 fully saturated rings. The Balaban J connectivity index is 2.04. The van der Waals surface area contributed by atoms with Crippen LogP contribution < -0.4 is 4.18 Å². The molecule has 0 radical (unpaired) electrons. The number of halogens is 1. The third-order valence-corrected chi connectivity index (χ3v) is 3.64. The lowest BCUT2D eigenvalue weighted by Gasteiger charge is -2.05. The summed E-state index contributed by atoms with van der Waals surface area (Å²) in [5.41, 5.74) is 1.69. The van der Waals surface area contributed by atoms with Gasteiger partial charge in [-0.25, -0.2) is 0 Å². The summed E-state index contributed by atoms with van der Waals surface area (Å²) in [5.74, 6) is 0.786. The molecular formula is C14H12IO2PS. The molecule has 1 atom stereocenters. The summed E-state index contributed by atoms with van der Waals surface area (Å²) in [6, 6.07) is 16.8. The Morgan fingerprint density at radius 2 is 1.89 bits per heavy atom. The van der Waals surface area contributed by atoms with Crippen LogP contribution >= 0.6 is 29.2 Å². The molecule has 0 heterocycles. The van der Waals surface area contributed by atoms with Gasteiger partial charge in [-0.15, -0.1) is 0 Å². The molecule has 0 saturated carbocycles. The summed E-state index contributed by atoms with van der Waals surface area (Å²) >= 11 is 2.08. The molecule has 0 spiro atoms. The van der Waals surface area contributed by atoms with Crippen molar-refractivity contribution in [2.75, 3.05) is 0 Å². The summed E-state index contributed by atoms with van der Waals surface area (Å²) in [7, 11) is 0.00385. The van der Waals surface area contributed by atoms with Gasteiger partial charge in [-0.3, -0.25) is 4.79 Å². The molecule has 98 valence electrons. The summed E-state index contributed by atoms with van der Waals surface area (Å²) in [5, 5.41) is 0. The normalized spacial score (nSPS) is 12.8. The molecule has 0 saturated heterocycles. The van der Waals surface area contributed by atoms with Crippen molar-refractivity contribution < 1.29 is 8.98 Å². The van der Waals surface area contributed by atoms with E-state index in [1.807, 2.05) is 30.3 Å². The molecule has 5 heteroatoms. The van der Waals surface area contributed by atoms with Gasteiger partial charge in [-0.2, -0.15) is 0 Å². The number of hydrogen-bond acceptors (Lipinski definition) is 2. The molecular weight excluding hydrogens is 390 g/mol. The zero-order chi connectivity index (χ0) is 14.4. The van der Waals surface area contributed by atoms with E-state index in [0.717, 1.165) is 5.56 Å². The molecule has 0 bridgehead atoms. The lowest BCUT2D eigenvalue weighted by atomic mass is 10.0. The Hall–Kier alpha value is -0.710. The number of Topliss-reactive ketones (excluding diaryl/α,β-unsaturated/α-hetero) is 1. The van der Waals surface area contributed by atoms with Gasteiger partial charge in [-0.1, -0.05) is 30.3 Å². The van der Waals surface area contributed by atoms with Gasteiger partial charge < -0.3 is 4.18 Å². The molecule has 2 aromatic rings. The van der Waals surface area contributed by atoms with Crippen molar-refractivity contribution in [2.24, 2.45) is 0 Å². The fourth-order valence-corrected chi connectivity index (χ4v) is 2.81. The van der Waals surface area contributed by atoms with Crippen LogP contribution in [0.25, 0.3) is 0 Å². The van der Waals surface area contributed by atoms with Crippen molar-refractivity contribution in [3.8, 4) is 5.75 Å². The highest BCUT2D eigenvalue weighted by Crippen LogP contribution is 2.18. The molecule has 19 heavy (non-hydrogen) atoms. The van der Waals surface area contributed by atoms with E-state index >= 15 is 0 Å². The molecule has 0 aliphatic carbocycles. The molecule has 2 rings (SSSR count). The highest BCUT2D eigenvalue weighted by Gasteiger charge is 2.07. The Labute approximate surface area is 130 Å². The Morgan fingerprint density at radius 1 is 1.21 bits per heavy atom. The van der Waals surface area contributed by atoms with Gasteiger partial charge in [0.25, 0.3) is 0 Å². The minimum absolute atomic E-state index is 0.0924. The molecule has 0 N–H and O–H groups in total. The van der Waals surface area contributed by atoms with Gasteiger partial charge in [0.1, 0.15) is 7.03 Å². The quantitative estimate of drug-likeness (QED) is 0.419. The van der Waals surface area contributed by atoms with E-state index in [2.05, 4.69) is 21.2 Å². The number of carbonyl (C=O) groups is 1. The third-order valence-electron chi connectivity index (χ3n) is 2.55. The van der Waals surface area contributed by atoms with Gasteiger partial charge in [0, 0.05) is 33.2 Å². The second-order valence-electron chi connectivity index (χ2n) is 3.90. The second kappa shape index (κ2) is 7.17. The van der Waals surface area contributed by atoms with E-state index in [1.54, 1.807) is 24.3 Å². The van der Waals surface area contributed by atoms with Crippen molar-refractivity contribution >= 4 is 42.5 Å². The maximum absolute atomic E-state index is 12.1. The highest BCUT2D eigenvalue weighted by molar-refractivity contribution is 14.2.